The third kappa shape index (κ3) is 2.85. The van der Waals surface area contributed by atoms with Gasteiger partial charge >= 0.3 is 0 Å². The van der Waals surface area contributed by atoms with Gasteiger partial charge in [-0.2, -0.15) is 0 Å². The van der Waals surface area contributed by atoms with Crippen molar-refractivity contribution in [1.29, 1.82) is 0 Å². The number of likely N-dealkylation sites (N-methyl/N-ethyl adjacent to an activating group) is 1. The summed E-state index contributed by atoms with van der Waals surface area (Å²) in [5.41, 5.74) is 0.666. The van der Waals surface area contributed by atoms with E-state index >= 15 is 0 Å². The molecule has 1 aromatic carbocycles. The molecule has 3 nitrogen and oxygen atoms in total. The maximum Gasteiger partial charge on any atom is 0.145 e. The van der Waals surface area contributed by atoms with Crippen molar-refractivity contribution in [3.63, 3.8) is 0 Å². The van der Waals surface area contributed by atoms with Crippen LogP contribution in [0, 0.1) is 5.82 Å². The molecule has 0 saturated heterocycles. The lowest BCUT2D eigenvalue weighted by Gasteiger charge is -2.14. The van der Waals surface area contributed by atoms with Crippen LogP contribution in [0.4, 0.5) is 4.39 Å². The van der Waals surface area contributed by atoms with E-state index in [1.54, 1.807) is 30.6 Å². The second-order valence-electron chi connectivity index (χ2n) is 3.74. The van der Waals surface area contributed by atoms with E-state index in [4.69, 9.17) is 0 Å². The lowest BCUT2D eigenvalue weighted by atomic mass is 10.0. The molecule has 1 N–H and O–H groups in total. The molecule has 2 rings (SSSR count). The van der Waals surface area contributed by atoms with Gasteiger partial charge in [-0.1, -0.05) is 18.2 Å². The molecule has 0 amide bonds. The Labute approximate surface area is 99.7 Å². The van der Waals surface area contributed by atoms with Crippen LogP contribution in [0.2, 0.25) is 0 Å². The van der Waals surface area contributed by atoms with Crippen molar-refractivity contribution >= 4 is 0 Å². The fourth-order valence-electron chi connectivity index (χ4n) is 1.70. The Morgan fingerprint density at radius 1 is 1.18 bits per heavy atom. The minimum absolute atomic E-state index is 0.0758. The van der Waals surface area contributed by atoms with Crippen LogP contribution in [0.1, 0.15) is 17.4 Å². The minimum Gasteiger partial charge on any atom is -0.310 e. The van der Waals surface area contributed by atoms with Crippen LogP contribution in [-0.2, 0) is 6.42 Å². The minimum atomic E-state index is -0.191. The second kappa shape index (κ2) is 5.50. The Morgan fingerprint density at radius 3 is 2.53 bits per heavy atom. The fraction of sp³-hybridized carbons (Fsp3) is 0.231. The predicted octanol–water partition coefficient (Wildman–Crippen LogP) is 2.12. The zero-order chi connectivity index (χ0) is 12.1. The summed E-state index contributed by atoms with van der Waals surface area (Å²) in [6.07, 6.45) is 3.91. The van der Waals surface area contributed by atoms with Crippen molar-refractivity contribution in [2.24, 2.45) is 0 Å². The van der Waals surface area contributed by atoms with E-state index in [9.17, 15) is 4.39 Å². The van der Waals surface area contributed by atoms with Gasteiger partial charge in [-0.3, -0.25) is 0 Å². The molecule has 0 radical (unpaired) electrons. The summed E-state index contributed by atoms with van der Waals surface area (Å²) in [6, 6.07) is 8.45. The first-order valence-electron chi connectivity index (χ1n) is 5.49. The number of hydrogen-bond acceptors (Lipinski definition) is 3. The summed E-state index contributed by atoms with van der Waals surface area (Å²) in [5.74, 6) is 0.488. The molecule has 0 spiro atoms. The first-order chi connectivity index (χ1) is 8.31. The smallest absolute Gasteiger partial charge is 0.145 e. The molecule has 17 heavy (non-hydrogen) atoms. The summed E-state index contributed by atoms with van der Waals surface area (Å²) >= 11 is 0. The number of nitrogens with zero attached hydrogens (tertiary/aromatic N) is 2. The van der Waals surface area contributed by atoms with Crippen molar-refractivity contribution in [3.05, 3.63) is 59.9 Å². The molecule has 0 saturated carbocycles. The molecule has 1 aromatic heterocycles. The van der Waals surface area contributed by atoms with Crippen LogP contribution in [-0.4, -0.2) is 17.0 Å². The van der Waals surface area contributed by atoms with Crippen molar-refractivity contribution < 1.29 is 4.39 Å². The molecule has 0 aliphatic carbocycles. The SMILES string of the molecule is CNC(Cc1ccccc1F)c1ncccn1. The molecule has 1 heterocycles. The molecule has 0 aliphatic rings. The molecule has 0 aliphatic heterocycles. The van der Waals surface area contributed by atoms with Gasteiger partial charge in [-0.05, 0) is 31.2 Å². The molecular weight excluding hydrogens is 217 g/mol. The van der Waals surface area contributed by atoms with E-state index in [1.807, 2.05) is 13.1 Å². The average Bonchev–Trinajstić information content (AvgIpc) is 2.39. The first-order valence-corrected chi connectivity index (χ1v) is 5.49. The number of hydrogen-bond donors (Lipinski definition) is 1. The molecule has 0 bridgehead atoms. The number of rotatable bonds is 4. The molecule has 88 valence electrons. The fourth-order valence-corrected chi connectivity index (χ4v) is 1.70. The average molecular weight is 231 g/mol. The third-order valence-electron chi connectivity index (χ3n) is 2.63. The Kier molecular flexibility index (Phi) is 3.77. The van der Waals surface area contributed by atoms with E-state index in [2.05, 4.69) is 15.3 Å². The van der Waals surface area contributed by atoms with Crippen molar-refractivity contribution in [3.8, 4) is 0 Å². The molecule has 1 unspecified atom stereocenters. The summed E-state index contributed by atoms with van der Waals surface area (Å²) in [7, 11) is 1.82. The molecule has 1 atom stereocenters. The number of nitrogens with one attached hydrogen (secondary N) is 1. The quantitative estimate of drug-likeness (QED) is 0.875. The molecule has 0 fully saturated rings. The topological polar surface area (TPSA) is 37.8 Å². The van der Waals surface area contributed by atoms with Gasteiger partial charge in [0.05, 0.1) is 6.04 Å². The van der Waals surface area contributed by atoms with Crippen LogP contribution in [0.3, 0.4) is 0 Å². The van der Waals surface area contributed by atoms with Gasteiger partial charge in [0, 0.05) is 12.4 Å². The predicted molar refractivity (Wildman–Crippen MR) is 63.9 cm³/mol. The number of halogens is 1. The summed E-state index contributed by atoms with van der Waals surface area (Å²) in [5, 5.41) is 3.10. The summed E-state index contributed by atoms with van der Waals surface area (Å²) in [4.78, 5) is 8.36. The third-order valence-corrected chi connectivity index (χ3v) is 2.63. The molecule has 2 aromatic rings. The normalized spacial score (nSPS) is 12.4. The van der Waals surface area contributed by atoms with Gasteiger partial charge in [0.15, 0.2) is 0 Å². The number of benzene rings is 1. The van der Waals surface area contributed by atoms with Gasteiger partial charge in [-0.15, -0.1) is 0 Å². The molecular formula is C13H14FN3. The standard InChI is InChI=1S/C13H14FN3/c1-15-12(13-16-7-4-8-17-13)9-10-5-2-3-6-11(10)14/h2-8,12,15H,9H2,1H3. The highest BCUT2D eigenvalue weighted by molar-refractivity contribution is 5.19. The Hall–Kier alpha value is -1.81. The largest absolute Gasteiger partial charge is 0.310 e. The zero-order valence-electron chi connectivity index (χ0n) is 9.60. The maximum atomic E-state index is 13.5. The Morgan fingerprint density at radius 2 is 1.88 bits per heavy atom. The van der Waals surface area contributed by atoms with Gasteiger partial charge < -0.3 is 5.32 Å². The lowest BCUT2D eigenvalue weighted by molar-refractivity contribution is 0.532. The highest BCUT2D eigenvalue weighted by atomic mass is 19.1. The highest BCUT2D eigenvalue weighted by Gasteiger charge is 2.14. The van der Waals surface area contributed by atoms with Crippen molar-refractivity contribution in [1.82, 2.24) is 15.3 Å². The lowest BCUT2D eigenvalue weighted by Crippen LogP contribution is -2.21. The van der Waals surface area contributed by atoms with E-state index in [-0.39, 0.29) is 11.9 Å². The van der Waals surface area contributed by atoms with E-state index in [0.717, 1.165) is 0 Å². The highest BCUT2D eigenvalue weighted by Crippen LogP contribution is 2.16. The van der Waals surface area contributed by atoms with Gasteiger partial charge in [0.25, 0.3) is 0 Å². The second-order valence-corrected chi connectivity index (χ2v) is 3.74. The monoisotopic (exact) mass is 231 g/mol. The molecule has 4 heteroatoms. The number of aromatic nitrogens is 2. The summed E-state index contributed by atoms with van der Waals surface area (Å²) < 4.78 is 13.5. The Bertz CT molecular complexity index is 473. The van der Waals surface area contributed by atoms with Crippen LogP contribution in [0.15, 0.2) is 42.7 Å². The van der Waals surface area contributed by atoms with Crippen LogP contribution < -0.4 is 5.32 Å². The van der Waals surface area contributed by atoms with Gasteiger partial charge in [0.2, 0.25) is 0 Å². The van der Waals surface area contributed by atoms with Crippen LogP contribution >= 0.6 is 0 Å². The van der Waals surface area contributed by atoms with Gasteiger partial charge in [-0.25, -0.2) is 14.4 Å². The van der Waals surface area contributed by atoms with Crippen LogP contribution in [0.25, 0.3) is 0 Å². The Balaban J connectivity index is 2.19. The van der Waals surface area contributed by atoms with Gasteiger partial charge in [0.1, 0.15) is 11.6 Å². The van der Waals surface area contributed by atoms with E-state index in [0.29, 0.717) is 17.8 Å². The van der Waals surface area contributed by atoms with Crippen molar-refractivity contribution in [2.45, 2.75) is 12.5 Å². The van der Waals surface area contributed by atoms with E-state index in [1.165, 1.54) is 6.07 Å². The van der Waals surface area contributed by atoms with E-state index < -0.39 is 0 Å². The maximum absolute atomic E-state index is 13.5. The zero-order valence-corrected chi connectivity index (χ0v) is 9.60. The first kappa shape index (κ1) is 11.7. The summed E-state index contributed by atoms with van der Waals surface area (Å²) in [6.45, 7) is 0. The van der Waals surface area contributed by atoms with Crippen molar-refractivity contribution in [2.75, 3.05) is 7.05 Å². The van der Waals surface area contributed by atoms with Crippen LogP contribution in [0.5, 0.6) is 0 Å².